The van der Waals surface area contributed by atoms with Gasteiger partial charge in [-0.05, 0) is 18.2 Å². The van der Waals surface area contributed by atoms with Gasteiger partial charge in [0.2, 0.25) is 10.0 Å². The molecule has 2 rings (SSSR count). The molecule has 0 saturated carbocycles. The van der Waals surface area contributed by atoms with Gasteiger partial charge in [0.05, 0.1) is 16.4 Å². The zero-order valence-corrected chi connectivity index (χ0v) is 13.3. The van der Waals surface area contributed by atoms with Gasteiger partial charge in [-0.1, -0.05) is 0 Å². The number of rotatable bonds is 6. The van der Waals surface area contributed by atoms with E-state index in [1.807, 2.05) is 14.1 Å². The number of hydrogen-bond donors (Lipinski definition) is 1. The van der Waals surface area contributed by atoms with Crippen LogP contribution in [-0.4, -0.2) is 37.4 Å². The number of nitro benzene ring substituents is 1. The second-order valence-electron chi connectivity index (χ2n) is 4.80. The first-order chi connectivity index (χ1) is 10.8. The minimum atomic E-state index is -3.80. The molecule has 1 aromatic heterocycles. The first-order valence-electron chi connectivity index (χ1n) is 6.53. The van der Waals surface area contributed by atoms with Crippen molar-refractivity contribution in [1.82, 2.24) is 14.7 Å². The van der Waals surface area contributed by atoms with Crippen LogP contribution in [0.15, 0.2) is 41.4 Å². The normalized spacial score (nSPS) is 11.2. The third-order valence-electron chi connectivity index (χ3n) is 2.93. The lowest BCUT2D eigenvalue weighted by atomic mass is 10.3. The van der Waals surface area contributed by atoms with Crippen molar-refractivity contribution >= 4 is 21.5 Å². The Morgan fingerprint density at radius 3 is 2.43 bits per heavy atom. The maximum absolute atomic E-state index is 12.2. The Morgan fingerprint density at radius 2 is 1.87 bits per heavy atom. The second kappa shape index (κ2) is 6.67. The van der Waals surface area contributed by atoms with E-state index in [0.29, 0.717) is 11.6 Å². The molecule has 1 N–H and O–H groups in total. The molecule has 122 valence electrons. The molecule has 0 aliphatic heterocycles. The third kappa shape index (κ3) is 4.20. The Labute approximate surface area is 133 Å². The Kier molecular flexibility index (Phi) is 4.86. The standard InChI is InChI=1S/C13H15N5O4S/c1-17(2)13-7-8-14-12(16-13)9-15-23(21,22)11-5-3-10(4-6-11)18(19)20/h3-8,15H,9H2,1-2H3. The molecular formula is C13H15N5O4S. The largest absolute Gasteiger partial charge is 0.363 e. The molecule has 10 heteroatoms. The Hall–Kier alpha value is -2.59. The van der Waals surface area contributed by atoms with Gasteiger partial charge in [0.25, 0.3) is 5.69 Å². The SMILES string of the molecule is CN(C)c1ccnc(CNS(=O)(=O)c2ccc([N+](=O)[O-])cc2)n1. The monoisotopic (exact) mass is 337 g/mol. The first kappa shape index (κ1) is 16.8. The van der Waals surface area contributed by atoms with E-state index in [4.69, 9.17) is 0 Å². The maximum Gasteiger partial charge on any atom is 0.269 e. The average Bonchev–Trinajstić information content (AvgIpc) is 2.53. The van der Waals surface area contributed by atoms with Crippen molar-refractivity contribution in [2.45, 2.75) is 11.4 Å². The van der Waals surface area contributed by atoms with Crippen molar-refractivity contribution in [3.63, 3.8) is 0 Å². The number of non-ortho nitro benzene ring substituents is 1. The van der Waals surface area contributed by atoms with Crippen molar-refractivity contribution < 1.29 is 13.3 Å². The van der Waals surface area contributed by atoms with Crippen LogP contribution in [0.4, 0.5) is 11.5 Å². The first-order valence-corrected chi connectivity index (χ1v) is 8.01. The zero-order valence-electron chi connectivity index (χ0n) is 12.5. The number of sulfonamides is 1. The lowest BCUT2D eigenvalue weighted by Crippen LogP contribution is -2.24. The third-order valence-corrected chi connectivity index (χ3v) is 4.34. The van der Waals surface area contributed by atoms with Crippen LogP contribution in [0.3, 0.4) is 0 Å². The molecule has 0 unspecified atom stereocenters. The van der Waals surface area contributed by atoms with Crippen LogP contribution in [0, 0.1) is 10.1 Å². The summed E-state index contributed by atoms with van der Waals surface area (Å²) in [5.41, 5.74) is -0.175. The molecule has 9 nitrogen and oxygen atoms in total. The van der Waals surface area contributed by atoms with Crippen LogP contribution in [0.2, 0.25) is 0 Å². The molecule has 0 spiro atoms. The molecule has 0 saturated heterocycles. The smallest absolute Gasteiger partial charge is 0.269 e. The van der Waals surface area contributed by atoms with E-state index in [9.17, 15) is 18.5 Å². The van der Waals surface area contributed by atoms with Gasteiger partial charge in [0.15, 0.2) is 0 Å². The van der Waals surface area contributed by atoms with Gasteiger partial charge in [-0.15, -0.1) is 0 Å². The number of nitrogens with zero attached hydrogens (tertiary/aromatic N) is 4. The van der Waals surface area contributed by atoms with Gasteiger partial charge in [0.1, 0.15) is 11.6 Å². The van der Waals surface area contributed by atoms with Crippen LogP contribution >= 0.6 is 0 Å². The van der Waals surface area contributed by atoms with Gasteiger partial charge >= 0.3 is 0 Å². The highest BCUT2D eigenvalue weighted by atomic mass is 32.2. The van der Waals surface area contributed by atoms with E-state index in [-0.39, 0.29) is 17.1 Å². The highest BCUT2D eigenvalue weighted by Gasteiger charge is 2.16. The summed E-state index contributed by atoms with van der Waals surface area (Å²) >= 11 is 0. The summed E-state index contributed by atoms with van der Waals surface area (Å²) in [4.78, 5) is 19.9. The number of aromatic nitrogens is 2. The van der Waals surface area contributed by atoms with Crippen LogP contribution in [0.25, 0.3) is 0 Å². The van der Waals surface area contributed by atoms with Crippen molar-refractivity contribution in [1.29, 1.82) is 0 Å². The van der Waals surface area contributed by atoms with E-state index < -0.39 is 14.9 Å². The van der Waals surface area contributed by atoms with Gasteiger partial charge in [-0.3, -0.25) is 10.1 Å². The molecule has 0 aliphatic carbocycles. The molecule has 0 atom stereocenters. The van der Waals surface area contributed by atoms with Crippen molar-refractivity contribution in [2.75, 3.05) is 19.0 Å². The highest BCUT2D eigenvalue weighted by Crippen LogP contribution is 2.16. The number of benzene rings is 1. The van der Waals surface area contributed by atoms with Crippen LogP contribution in [-0.2, 0) is 16.6 Å². The molecule has 1 heterocycles. The Bertz CT molecular complexity index is 805. The quantitative estimate of drug-likeness (QED) is 0.615. The van der Waals surface area contributed by atoms with Gasteiger partial charge in [-0.2, -0.15) is 0 Å². The predicted octanol–water partition coefficient (Wildman–Crippen LogP) is 0.929. The van der Waals surface area contributed by atoms with E-state index in [2.05, 4.69) is 14.7 Å². The van der Waals surface area contributed by atoms with Crippen LogP contribution in [0.1, 0.15) is 5.82 Å². The van der Waals surface area contributed by atoms with Crippen LogP contribution in [0.5, 0.6) is 0 Å². The topological polar surface area (TPSA) is 118 Å². The molecule has 2 aromatic rings. The van der Waals surface area contributed by atoms with E-state index in [1.165, 1.54) is 18.3 Å². The summed E-state index contributed by atoms with van der Waals surface area (Å²) < 4.78 is 26.7. The van der Waals surface area contributed by atoms with Gasteiger partial charge in [0, 0.05) is 32.4 Å². The van der Waals surface area contributed by atoms with Crippen molar-refractivity contribution in [2.24, 2.45) is 0 Å². The van der Waals surface area contributed by atoms with Crippen molar-refractivity contribution in [3.05, 3.63) is 52.5 Å². The Morgan fingerprint density at radius 1 is 1.22 bits per heavy atom. The summed E-state index contributed by atoms with van der Waals surface area (Å²) in [6.07, 6.45) is 1.54. The van der Waals surface area contributed by atoms with Crippen molar-refractivity contribution in [3.8, 4) is 0 Å². The molecule has 0 aliphatic rings. The maximum atomic E-state index is 12.2. The molecule has 1 aromatic carbocycles. The van der Waals surface area contributed by atoms with Gasteiger partial charge in [-0.25, -0.2) is 23.1 Å². The lowest BCUT2D eigenvalue weighted by Gasteiger charge is -2.12. The molecule has 0 fully saturated rings. The molecule has 23 heavy (non-hydrogen) atoms. The van der Waals surface area contributed by atoms with E-state index >= 15 is 0 Å². The summed E-state index contributed by atoms with van der Waals surface area (Å²) in [6, 6.07) is 6.33. The van der Waals surface area contributed by atoms with E-state index in [0.717, 1.165) is 12.1 Å². The number of anilines is 1. The van der Waals surface area contributed by atoms with Crippen LogP contribution < -0.4 is 9.62 Å². The predicted molar refractivity (Wildman–Crippen MR) is 83.5 cm³/mol. The Balaban J connectivity index is 2.12. The molecule has 0 amide bonds. The number of hydrogen-bond acceptors (Lipinski definition) is 7. The second-order valence-corrected chi connectivity index (χ2v) is 6.57. The summed E-state index contributed by atoms with van der Waals surface area (Å²) in [5, 5.41) is 10.6. The lowest BCUT2D eigenvalue weighted by molar-refractivity contribution is -0.384. The fraction of sp³-hybridized carbons (Fsp3) is 0.231. The summed E-state index contributed by atoms with van der Waals surface area (Å²) in [7, 11) is -0.175. The molecule has 0 radical (unpaired) electrons. The minimum absolute atomic E-state index is 0.0631. The average molecular weight is 337 g/mol. The number of nitro groups is 1. The molecular weight excluding hydrogens is 322 g/mol. The minimum Gasteiger partial charge on any atom is -0.363 e. The summed E-state index contributed by atoms with van der Waals surface area (Å²) in [5.74, 6) is 0.978. The fourth-order valence-electron chi connectivity index (χ4n) is 1.71. The number of nitrogens with one attached hydrogen (secondary N) is 1. The fourth-order valence-corrected chi connectivity index (χ4v) is 2.69. The van der Waals surface area contributed by atoms with E-state index in [1.54, 1.807) is 11.0 Å². The zero-order chi connectivity index (χ0) is 17.0. The van der Waals surface area contributed by atoms with Gasteiger partial charge < -0.3 is 4.90 Å². The summed E-state index contributed by atoms with van der Waals surface area (Å²) in [6.45, 7) is -0.0823. The molecule has 0 bridgehead atoms. The highest BCUT2D eigenvalue weighted by molar-refractivity contribution is 7.89.